The van der Waals surface area contributed by atoms with E-state index in [0.29, 0.717) is 18.2 Å². The number of amides is 1. The maximum absolute atomic E-state index is 11.5. The number of carbonyl (C=O) groups is 1. The predicted octanol–water partition coefficient (Wildman–Crippen LogP) is 1.83. The first-order valence-electron chi connectivity index (χ1n) is 7.33. The second-order valence-corrected chi connectivity index (χ2v) is 12.0. The second kappa shape index (κ2) is 7.33. The minimum Gasteiger partial charge on any atom is -0.365 e. The first kappa shape index (κ1) is 17.1. The molecule has 3 N–H and O–H groups in total. The number of nitrogens with zero attached hydrogens (tertiary/aromatic N) is 4. The van der Waals surface area contributed by atoms with Gasteiger partial charge in [-0.1, -0.05) is 19.6 Å². The van der Waals surface area contributed by atoms with Crippen molar-refractivity contribution in [2.24, 2.45) is 5.73 Å². The van der Waals surface area contributed by atoms with Crippen LogP contribution >= 0.6 is 0 Å². The van der Waals surface area contributed by atoms with Gasteiger partial charge in [-0.15, -0.1) is 0 Å². The molecule has 0 aliphatic carbocycles. The number of hydrogen-bond donors (Lipinski definition) is 2. The van der Waals surface area contributed by atoms with Crippen LogP contribution in [0.4, 0.5) is 11.6 Å². The van der Waals surface area contributed by atoms with Crippen LogP contribution in [0.25, 0.3) is 0 Å². The average molecular weight is 334 g/mol. The summed E-state index contributed by atoms with van der Waals surface area (Å²) >= 11 is 0. The average Bonchev–Trinajstić information content (AvgIpc) is 2.87. The number of ether oxygens (including phenoxy) is 1. The van der Waals surface area contributed by atoms with E-state index in [-0.39, 0.29) is 12.3 Å². The van der Waals surface area contributed by atoms with Crippen LogP contribution in [0.15, 0.2) is 24.8 Å². The number of rotatable bonds is 8. The summed E-state index contributed by atoms with van der Waals surface area (Å²) in [5.74, 6) is 0.384. The molecule has 0 atom stereocenters. The van der Waals surface area contributed by atoms with Gasteiger partial charge in [0.05, 0.1) is 12.4 Å². The number of nitrogens with two attached hydrogens (primary N) is 1. The molecule has 0 fully saturated rings. The normalized spacial score (nSPS) is 11.4. The SMILES string of the molecule is C[Si](C)(C)CCOCn1ncc(C(N)=O)c1Nc1cnccn1. The Labute approximate surface area is 136 Å². The Morgan fingerprint density at radius 2 is 2.13 bits per heavy atom. The molecule has 0 unspecified atom stereocenters. The van der Waals surface area contributed by atoms with Gasteiger partial charge >= 0.3 is 0 Å². The van der Waals surface area contributed by atoms with E-state index in [1.54, 1.807) is 23.3 Å². The molecule has 2 aromatic heterocycles. The van der Waals surface area contributed by atoms with Gasteiger partial charge < -0.3 is 15.8 Å². The minimum absolute atomic E-state index is 0.236. The van der Waals surface area contributed by atoms with Crippen LogP contribution in [-0.2, 0) is 11.5 Å². The molecule has 23 heavy (non-hydrogen) atoms. The summed E-state index contributed by atoms with van der Waals surface area (Å²) < 4.78 is 7.23. The third-order valence-electron chi connectivity index (χ3n) is 3.12. The highest BCUT2D eigenvalue weighted by Gasteiger charge is 2.17. The zero-order valence-corrected chi connectivity index (χ0v) is 14.6. The Balaban J connectivity index is 2.09. The lowest BCUT2D eigenvalue weighted by atomic mass is 10.3. The maximum atomic E-state index is 11.5. The van der Waals surface area contributed by atoms with Crippen LogP contribution in [0.3, 0.4) is 0 Å². The lowest BCUT2D eigenvalue weighted by Gasteiger charge is -2.16. The number of primary amides is 1. The lowest BCUT2D eigenvalue weighted by Crippen LogP contribution is -2.22. The van der Waals surface area contributed by atoms with E-state index in [0.717, 1.165) is 6.04 Å². The molecule has 1 amide bonds. The van der Waals surface area contributed by atoms with Crippen molar-refractivity contribution in [3.63, 3.8) is 0 Å². The van der Waals surface area contributed by atoms with Crippen LogP contribution in [0.2, 0.25) is 25.7 Å². The molecule has 124 valence electrons. The molecule has 0 radical (unpaired) electrons. The van der Waals surface area contributed by atoms with Crippen LogP contribution in [0.5, 0.6) is 0 Å². The van der Waals surface area contributed by atoms with E-state index in [9.17, 15) is 4.79 Å². The molecular formula is C14H22N6O2Si. The van der Waals surface area contributed by atoms with Gasteiger partial charge in [-0.05, 0) is 6.04 Å². The van der Waals surface area contributed by atoms with Crippen LogP contribution < -0.4 is 11.1 Å². The fraction of sp³-hybridized carbons (Fsp3) is 0.429. The van der Waals surface area contributed by atoms with Gasteiger partial charge in [0.25, 0.3) is 5.91 Å². The van der Waals surface area contributed by atoms with E-state index < -0.39 is 14.0 Å². The summed E-state index contributed by atoms with van der Waals surface area (Å²) in [7, 11) is -1.15. The van der Waals surface area contributed by atoms with E-state index in [4.69, 9.17) is 10.5 Å². The molecular weight excluding hydrogens is 312 g/mol. The summed E-state index contributed by atoms with van der Waals surface area (Å²) in [6.45, 7) is 7.76. The van der Waals surface area contributed by atoms with Crippen molar-refractivity contribution in [1.29, 1.82) is 0 Å². The summed E-state index contributed by atoms with van der Waals surface area (Å²) in [6, 6.07) is 1.06. The molecule has 2 rings (SSSR count). The fourth-order valence-corrected chi connectivity index (χ4v) is 2.57. The maximum Gasteiger partial charge on any atom is 0.254 e. The van der Waals surface area contributed by atoms with Crippen molar-refractivity contribution in [2.75, 3.05) is 11.9 Å². The number of aromatic nitrogens is 4. The van der Waals surface area contributed by atoms with Gasteiger partial charge in [0, 0.05) is 27.1 Å². The Morgan fingerprint density at radius 3 is 2.74 bits per heavy atom. The molecule has 0 aromatic carbocycles. The van der Waals surface area contributed by atoms with Gasteiger partial charge in [-0.2, -0.15) is 5.10 Å². The van der Waals surface area contributed by atoms with Crippen molar-refractivity contribution in [1.82, 2.24) is 19.7 Å². The van der Waals surface area contributed by atoms with Crippen molar-refractivity contribution in [2.45, 2.75) is 32.4 Å². The zero-order valence-electron chi connectivity index (χ0n) is 13.6. The highest BCUT2D eigenvalue weighted by Crippen LogP contribution is 2.19. The molecule has 8 nitrogen and oxygen atoms in total. The monoisotopic (exact) mass is 334 g/mol. The quantitative estimate of drug-likeness (QED) is 0.563. The number of anilines is 2. The minimum atomic E-state index is -1.15. The first-order valence-corrected chi connectivity index (χ1v) is 11.0. The molecule has 9 heteroatoms. The van der Waals surface area contributed by atoms with E-state index >= 15 is 0 Å². The van der Waals surface area contributed by atoms with Crippen LogP contribution in [0.1, 0.15) is 10.4 Å². The highest BCUT2D eigenvalue weighted by atomic mass is 28.3. The van der Waals surface area contributed by atoms with Gasteiger partial charge in [-0.3, -0.25) is 9.78 Å². The summed E-state index contributed by atoms with van der Waals surface area (Å²) in [5.41, 5.74) is 5.67. The van der Waals surface area contributed by atoms with Gasteiger partial charge in [-0.25, -0.2) is 9.67 Å². The van der Waals surface area contributed by atoms with Crippen molar-refractivity contribution in [3.05, 3.63) is 30.4 Å². The van der Waals surface area contributed by atoms with Gasteiger partial charge in [0.15, 0.2) is 0 Å². The third-order valence-corrected chi connectivity index (χ3v) is 4.83. The number of carbonyl (C=O) groups excluding carboxylic acids is 1. The molecule has 0 aliphatic heterocycles. The standard InChI is InChI=1S/C14H22N6O2Si/c1-23(2,3)7-6-22-10-20-14(11(8-18-20)13(15)21)19-12-9-16-4-5-17-12/h4-5,8-9H,6-7,10H2,1-3H3,(H2,15,21)(H,17,19). The first-order chi connectivity index (χ1) is 10.9. The van der Waals surface area contributed by atoms with Crippen molar-refractivity contribution in [3.8, 4) is 0 Å². The van der Waals surface area contributed by atoms with Gasteiger partial charge in [0.1, 0.15) is 23.9 Å². The Hall–Kier alpha value is -2.26. The largest absolute Gasteiger partial charge is 0.365 e. The summed E-state index contributed by atoms with van der Waals surface area (Å²) in [4.78, 5) is 19.6. The molecule has 0 bridgehead atoms. The van der Waals surface area contributed by atoms with Crippen LogP contribution in [-0.4, -0.2) is 40.3 Å². The second-order valence-electron chi connectivity index (χ2n) is 6.33. The molecule has 0 aliphatic rings. The summed E-state index contributed by atoms with van der Waals surface area (Å²) in [6.07, 6.45) is 6.09. The fourth-order valence-electron chi connectivity index (χ4n) is 1.81. The highest BCUT2D eigenvalue weighted by molar-refractivity contribution is 6.76. The van der Waals surface area contributed by atoms with Gasteiger partial charge in [0.2, 0.25) is 0 Å². The Kier molecular flexibility index (Phi) is 5.45. The number of nitrogens with one attached hydrogen (secondary N) is 1. The van der Waals surface area contributed by atoms with Crippen LogP contribution in [0, 0.1) is 0 Å². The van der Waals surface area contributed by atoms with E-state index in [1.807, 2.05) is 0 Å². The Bertz CT molecular complexity index is 653. The predicted molar refractivity (Wildman–Crippen MR) is 90.2 cm³/mol. The lowest BCUT2D eigenvalue weighted by molar-refractivity contribution is 0.0800. The Morgan fingerprint density at radius 1 is 1.35 bits per heavy atom. The van der Waals surface area contributed by atoms with E-state index in [1.165, 1.54) is 6.20 Å². The number of hydrogen-bond acceptors (Lipinski definition) is 6. The molecule has 2 heterocycles. The summed E-state index contributed by atoms with van der Waals surface area (Å²) in [5, 5.41) is 7.17. The smallest absolute Gasteiger partial charge is 0.254 e. The molecule has 0 spiro atoms. The van der Waals surface area contributed by atoms with Crippen molar-refractivity contribution < 1.29 is 9.53 Å². The van der Waals surface area contributed by atoms with E-state index in [2.05, 4.69) is 40.0 Å². The van der Waals surface area contributed by atoms with Crippen molar-refractivity contribution >= 4 is 25.6 Å². The molecule has 0 saturated heterocycles. The molecule has 0 saturated carbocycles. The zero-order chi connectivity index (χ0) is 16.9. The topological polar surface area (TPSA) is 108 Å². The molecule has 2 aromatic rings. The third kappa shape index (κ3) is 5.15.